The van der Waals surface area contributed by atoms with Crippen LogP contribution in [0.15, 0.2) is 108 Å². The molecule has 4 aromatic carbocycles. The Hall–Kier alpha value is -4.63. The van der Waals surface area contributed by atoms with Gasteiger partial charge in [-0.1, -0.05) is 48.5 Å². The largest absolute Gasteiger partial charge is 0.497 e. The van der Waals surface area contributed by atoms with Crippen molar-refractivity contribution in [1.82, 2.24) is 0 Å². The highest BCUT2D eigenvalue weighted by Crippen LogP contribution is 2.30. The van der Waals surface area contributed by atoms with Gasteiger partial charge < -0.3 is 14.8 Å². The molecule has 194 valence electrons. The van der Waals surface area contributed by atoms with E-state index < -0.39 is 21.9 Å². The zero-order valence-electron chi connectivity index (χ0n) is 20.8. The lowest BCUT2D eigenvalue weighted by atomic mass is 10.1. The number of sulfonamides is 1. The van der Waals surface area contributed by atoms with Gasteiger partial charge in [0.15, 0.2) is 0 Å². The summed E-state index contributed by atoms with van der Waals surface area (Å²) in [7, 11) is -1.32. The van der Waals surface area contributed by atoms with Crippen LogP contribution in [0.2, 0.25) is 0 Å². The number of para-hydroxylation sites is 1. The van der Waals surface area contributed by atoms with E-state index in [1.54, 1.807) is 54.6 Å². The van der Waals surface area contributed by atoms with Gasteiger partial charge >= 0.3 is 5.97 Å². The van der Waals surface area contributed by atoms with Crippen LogP contribution in [-0.4, -0.2) is 34.5 Å². The first kappa shape index (κ1) is 26.4. The second-order valence-electron chi connectivity index (χ2n) is 8.22. The van der Waals surface area contributed by atoms with Gasteiger partial charge in [0.2, 0.25) is 0 Å². The van der Waals surface area contributed by atoms with Crippen molar-refractivity contribution >= 4 is 33.3 Å². The van der Waals surface area contributed by atoms with Gasteiger partial charge in [-0.25, -0.2) is 13.2 Å². The van der Waals surface area contributed by atoms with Gasteiger partial charge in [0.05, 0.1) is 42.5 Å². The Balaban J connectivity index is 1.75. The smallest absolute Gasteiger partial charge is 0.337 e. The highest BCUT2D eigenvalue weighted by atomic mass is 32.2. The second-order valence-corrected chi connectivity index (χ2v) is 10.1. The van der Waals surface area contributed by atoms with Crippen LogP contribution in [0, 0.1) is 0 Å². The van der Waals surface area contributed by atoms with Crippen LogP contribution in [-0.2, 0) is 21.3 Å². The molecule has 0 unspecified atom stereocenters. The lowest BCUT2D eigenvalue weighted by Gasteiger charge is -2.26. The Kier molecular flexibility index (Phi) is 8.08. The predicted molar refractivity (Wildman–Crippen MR) is 145 cm³/mol. The average Bonchev–Trinajstić information content (AvgIpc) is 2.96. The molecule has 0 spiro atoms. The molecule has 8 nitrogen and oxygen atoms in total. The molecule has 0 aromatic heterocycles. The molecule has 0 radical (unpaired) electrons. The van der Waals surface area contributed by atoms with Crippen LogP contribution >= 0.6 is 0 Å². The van der Waals surface area contributed by atoms with Gasteiger partial charge in [0, 0.05) is 5.69 Å². The lowest BCUT2D eigenvalue weighted by molar-refractivity contribution is 0.0600. The van der Waals surface area contributed by atoms with Crippen LogP contribution in [0.25, 0.3) is 0 Å². The number of rotatable bonds is 9. The second kappa shape index (κ2) is 11.6. The molecule has 38 heavy (non-hydrogen) atoms. The van der Waals surface area contributed by atoms with E-state index in [1.165, 1.54) is 36.7 Å². The maximum Gasteiger partial charge on any atom is 0.337 e. The van der Waals surface area contributed by atoms with E-state index in [9.17, 15) is 18.0 Å². The van der Waals surface area contributed by atoms with Crippen molar-refractivity contribution in [3.05, 3.63) is 120 Å². The van der Waals surface area contributed by atoms with Gasteiger partial charge in [-0.3, -0.25) is 9.10 Å². The van der Waals surface area contributed by atoms with E-state index in [1.807, 2.05) is 30.3 Å². The van der Waals surface area contributed by atoms with Crippen molar-refractivity contribution in [2.24, 2.45) is 0 Å². The summed E-state index contributed by atoms with van der Waals surface area (Å²) in [6.45, 7) is -0.00266. The fraction of sp³-hybridized carbons (Fsp3) is 0.103. The minimum atomic E-state index is -4.09. The first-order valence-electron chi connectivity index (χ1n) is 11.6. The third-order valence-electron chi connectivity index (χ3n) is 5.78. The Bertz CT molecular complexity index is 1540. The standard InChI is InChI=1S/C29H26N2O6S/c1-36-24-15-17-25(18-16-24)38(34,35)31(20-21-9-4-3-5-10-21)27-14-7-6-13-26(27)28(32)30-23-12-8-11-22(19-23)29(33)37-2/h3-19H,20H2,1-2H3,(H,30,32). The number of benzene rings is 4. The zero-order valence-corrected chi connectivity index (χ0v) is 21.6. The molecule has 0 aliphatic rings. The Labute approximate surface area is 221 Å². The molecule has 0 heterocycles. The number of anilines is 2. The molecule has 0 saturated carbocycles. The molecule has 0 aliphatic heterocycles. The first-order chi connectivity index (χ1) is 18.3. The summed E-state index contributed by atoms with van der Waals surface area (Å²) in [6, 6.07) is 28.0. The summed E-state index contributed by atoms with van der Waals surface area (Å²) >= 11 is 0. The summed E-state index contributed by atoms with van der Waals surface area (Å²) in [5.74, 6) is -0.556. The highest BCUT2D eigenvalue weighted by molar-refractivity contribution is 7.92. The summed E-state index contributed by atoms with van der Waals surface area (Å²) < 4.78 is 39.0. The Morgan fingerprint density at radius 3 is 2.18 bits per heavy atom. The number of methoxy groups -OCH3 is 2. The topological polar surface area (TPSA) is 102 Å². The third kappa shape index (κ3) is 5.84. The van der Waals surface area contributed by atoms with Gasteiger partial charge in [0.1, 0.15) is 5.75 Å². The Morgan fingerprint density at radius 1 is 0.816 bits per heavy atom. The molecule has 1 N–H and O–H groups in total. The predicted octanol–water partition coefficient (Wildman–Crippen LogP) is 5.13. The molecule has 1 amide bonds. The molecule has 0 aliphatic carbocycles. The van der Waals surface area contributed by atoms with Crippen molar-refractivity contribution in [2.45, 2.75) is 11.4 Å². The quantitative estimate of drug-likeness (QED) is 0.301. The number of nitrogens with one attached hydrogen (secondary N) is 1. The van der Waals surface area contributed by atoms with Gasteiger partial charge in [0.25, 0.3) is 15.9 Å². The summed E-state index contributed by atoms with van der Waals surface area (Å²) in [5.41, 5.74) is 1.72. The Morgan fingerprint density at radius 2 is 1.50 bits per heavy atom. The molecule has 0 atom stereocenters. The molecule has 9 heteroatoms. The monoisotopic (exact) mass is 530 g/mol. The fourth-order valence-electron chi connectivity index (χ4n) is 3.85. The SMILES string of the molecule is COC(=O)c1cccc(NC(=O)c2ccccc2N(Cc2ccccc2)S(=O)(=O)c2ccc(OC)cc2)c1. The summed E-state index contributed by atoms with van der Waals surface area (Å²) in [4.78, 5) is 25.4. The van der Waals surface area contributed by atoms with Crippen LogP contribution in [0.3, 0.4) is 0 Å². The molecule has 0 saturated heterocycles. The van der Waals surface area contributed by atoms with Crippen LogP contribution in [0.1, 0.15) is 26.3 Å². The molecular weight excluding hydrogens is 504 g/mol. The van der Waals surface area contributed by atoms with Crippen molar-refractivity contribution in [1.29, 1.82) is 0 Å². The highest BCUT2D eigenvalue weighted by Gasteiger charge is 2.29. The van der Waals surface area contributed by atoms with Gasteiger partial charge in [-0.05, 0) is 60.2 Å². The van der Waals surface area contributed by atoms with Gasteiger partial charge in [-0.2, -0.15) is 0 Å². The van der Waals surface area contributed by atoms with Crippen molar-refractivity contribution < 1.29 is 27.5 Å². The van der Waals surface area contributed by atoms with E-state index in [0.717, 1.165) is 5.56 Å². The maximum absolute atomic E-state index is 13.9. The number of hydrogen-bond donors (Lipinski definition) is 1. The number of esters is 1. The number of hydrogen-bond acceptors (Lipinski definition) is 6. The average molecular weight is 531 g/mol. The normalized spacial score (nSPS) is 10.9. The number of ether oxygens (including phenoxy) is 2. The summed E-state index contributed by atoms with van der Waals surface area (Å²) in [5, 5.41) is 2.76. The van der Waals surface area contributed by atoms with Gasteiger partial charge in [-0.15, -0.1) is 0 Å². The fourth-order valence-corrected chi connectivity index (χ4v) is 5.32. The first-order valence-corrected chi connectivity index (χ1v) is 13.1. The number of nitrogens with zero attached hydrogens (tertiary/aromatic N) is 1. The van der Waals surface area contributed by atoms with Crippen LogP contribution < -0.4 is 14.4 Å². The van der Waals surface area contributed by atoms with E-state index >= 15 is 0 Å². The van der Waals surface area contributed by atoms with E-state index in [4.69, 9.17) is 9.47 Å². The lowest BCUT2D eigenvalue weighted by Crippen LogP contribution is -2.32. The van der Waals surface area contributed by atoms with E-state index in [2.05, 4.69) is 5.32 Å². The van der Waals surface area contributed by atoms with Crippen LogP contribution in [0.5, 0.6) is 5.75 Å². The number of carbonyl (C=O) groups excluding carboxylic acids is 2. The minimum absolute atomic E-state index is 0.00266. The number of amides is 1. The van der Waals surface area contributed by atoms with E-state index in [-0.39, 0.29) is 28.3 Å². The zero-order chi connectivity index (χ0) is 27.1. The molecule has 0 fully saturated rings. The van der Waals surface area contributed by atoms with E-state index in [0.29, 0.717) is 11.4 Å². The molecular formula is C29H26N2O6S. The van der Waals surface area contributed by atoms with Crippen molar-refractivity contribution in [3.8, 4) is 5.75 Å². The molecule has 4 rings (SSSR count). The van der Waals surface area contributed by atoms with Crippen LogP contribution in [0.4, 0.5) is 11.4 Å². The molecule has 4 aromatic rings. The summed E-state index contributed by atoms with van der Waals surface area (Å²) in [6.07, 6.45) is 0. The molecule has 0 bridgehead atoms. The van der Waals surface area contributed by atoms with Crippen molar-refractivity contribution in [2.75, 3.05) is 23.8 Å². The van der Waals surface area contributed by atoms with Crippen molar-refractivity contribution in [3.63, 3.8) is 0 Å². The third-order valence-corrected chi connectivity index (χ3v) is 7.55. The maximum atomic E-state index is 13.9. The number of carbonyl (C=O) groups is 2. The minimum Gasteiger partial charge on any atom is -0.497 e.